The molecule has 5 heteroatoms. The number of nitrogens with zero attached hydrogens (tertiary/aromatic N) is 1. The van der Waals surface area contributed by atoms with E-state index in [0.29, 0.717) is 5.02 Å². The highest BCUT2D eigenvalue weighted by Crippen LogP contribution is 2.28. The van der Waals surface area contributed by atoms with Crippen LogP contribution in [0.3, 0.4) is 0 Å². The van der Waals surface area contributed by atoms with Crippen LogP contribution in [0, 0.1) is 6.92 Å². The standard InChI is InChI=1S/C20H24ClN3O/c1-15-9-10-16(21)13-18(15)23-20(25)14-22-17-7-3-4-8-19(17)24-11-5-2-6-12-24/h3-4,7-10,13,22H,2,5-6,11-12,14H2,1H3,(H,23,25). The van der Waals surface area contributed by atoms with E-state index in [0.717, 1.165) is 30.0 Å². The van der Waals surface area contributed by atoms with Gasteiger partial charge in [-0.15, -0.1) is 0 Å². The lowest BCUT2D eigenvalue weighted by Crippen LogP contribution is -2.30. The summed E-state index contributed by atoms with van der Waals surface area (Å²) in [6.07, 6.45) is 3.75. The largest absolute Gasteiger partial charge is 0.374 e. The first kappa shape index (κ1) is 17.6. The van der Waals surface area contributed by atoms with Crippen molar-refractivity contribution in [1.82, 2.24) is 0 Å². The molecular weight excluding hydrogens is 334 g/mol. The van der Waals surface area contributed by atoms with Gasteiger partial charge in [-0.25, -0.2) is 0 Å². The zero-order valence-electron chi connectivity index (χ0n) is 14.5. The molecule has 0 aliphatic carbocycles. The van der Waals surface area contributed by atoms with Gasteiger partial charge in [0, 0.05) is 23.8 Å². The Morgan fingerprint density at radius 2 is 1.84 bits per heavy atom. The highest BCUT2D eigenvalue weighted by molar-refractivity contribution is 6.31. The van der Waals surface area contributed by atoms with Crippen molar-refractivity contribution in [3.63, 3.8) is 0 Å². The number of anilines is 3. The quantitative estimate of drug-likeness (QED) is 0.815. The zero-order chi connectivity index (χ0) is 17.6. The Bertz CT molecular complexity index is 741. The third-order valence-electron chi connectivity index (χ3n) is 4.51. The second-order valence-corrected chi connectivity index (χ2v) is 6.86. The number of halogens is 1. The van der Waals surface area contributed by atoms with Crippen LogP contribution in [0.25, 0.3) is 0 Å². The molecule has 132 valence electrons. The zero-order valence-corrected chi connectivity index (χ0v) is 15.3. The molecule has 1 fully saturated rings. The van der Waals surface area contributed by atoms with Gasteiger partial charge in [0.1, 0.15) is 0 Å². The van der Waals surface area contributed by atoms with Crippen LogP contribution in [-0.2, 0) is 4.79 Å². The first-order valence-corrected chi connectivity index (χ1v) is 9.15. The maximum Gasteiger partial charge on any atom is 0.243 e. The molecular formula is C20H24ClN3O. The van der Waals surface area contributed by atoms with E-state index in [1.165, 1.54) is 24.9 Å². The van der Waals surface area contributed by atoms with E-state index in [-0.39, 0.29) is 12.5 Å². The average Bonchev–Trinajstić information content (AvgIpc) is 2.64. The molecule has 0 radical (unpaired) electrons. The van der Waals surface area contributed by atoms with Crippen LogP contribution in [0.15, 0.2) is 42.5 Å². The Kier molecular flexibility index (Phi) is 5.82. The van der Waals surface area contributed by atoms with Crippen molar-refractivity contribution in [2.75, 3.05) is 35.2 Å². The maximum absolute atomic E-state index is 12.3. The fourth-order valence-electron chi connectivity index (χ4n) is 3.13. The van der Waals surface area contributed by atoms with Gasteiger partial charge in [0.2, 0.25) is 5.91 Å². The molecule has 2 aromatic carbocycles. The number of carbonyl (C=O) groups is 1. The Morgan fingerprint density at radius 1 is 1.08 bits per heavy atom. The Balaban J connectivity index is 1.63. The monoisotopic (exact) mass is 357 g/mol. The minimum Gasteiger partial charge on any atom is -0.374 e. The summed E-state index contributed by atoms with van der Waals surface area (Å²) in [6.45, 7) is 4.32. The molecule has 1 aliphatic rings. The van der Waals surface area contributed by atoms with E-state index < -0.39 is 0 Å². The van der Waals surface area contributed by atoms with Crippen molar-refractivity contribution >= 4 is 34.6 Å². The van der Waals surface area contributed by atoms with Crippen molar-refractivity contribution in [1.29, 1.82) is 0 Å². The Hall–Kier alpha value is -2.20. The Labute approximate surface area is 154 Å². The van der Waals surface area contributed by atoms with E-state index in [1.807, 2.05) is 37.3 Å². The summed E-state index contributed by atoms with van der Waals surface area (Å²) < 4.78 is 0. The molecule has 0 unspecified atom stereocenters. The molecule has 0 atom stereocenters. The highest BCUT2D eigenvalue weighted by atomic mass is 35.5. The number of nitrogens with one attached hydrogen (secondary N) is 2. The summed E-state index contributed by atoms with van der Waals surface area (Å²) in [4.78, 5) is 14.7. The van der Waals surface area contributed by atoms with Gasteiger partial charge in [-0.1, -0.05) is 29.8 Å². The van der Waals surface area contributed by atoms with E-state index in [9.17, 15) is 4.79 Å². The topological polar surface area (TPSA) is 44.4 Å². The molecule has 2 aromatic rings. The molecule has 1 amide bonds. The van der Waals surface area contributed by atoms with Gasteiger partial charge in [-0.05, 0) is 56.0 Å². The molecule has 1 heterocycles. The van der Waals surface area contributed by atoms with Crippen LogP contribution in [0.4, 0.5) is 17.1 Å². The lowest BCUT2D eigenvalue weighted by molar-refractivity contribution is -0.114. The van der Waals surface area contributed by atoms with Crippen LogP contribution in [0.2, 0.25) is 5.02 Å². The van der Waals surface area contributed by atoms with Gasteiger partial charge in [-0.2, -0.15) is 0 Å². The second kappa shape index (κ2) is 8.26. The lowest BCUT2D eigenvalue weighted by Gasteiger charge is -2.30. The number of aryl methyl sites for hydroxylation is 1. The number of hydrogen-bond acceptors (Lipinski definition) is 3. The summed E-state index contributed by atoms with van der Waals surface area (Å²) >= 11 is 6.01. The number of hydrogen-bond donors (Lipinski definition) is 2. The SMILES string of the molecule is Cc1ccc(Cl)cc1NC(=O)CNc1ccccc1N1CCCCC1. The summed E-state index contributed by atoms with van der Waals surface area (Å²) in [5.74, 6) is -0.0844. The van der Waals surface area contributed by atoms with Crippen molar-refractivity contribution in [2.45, 2.75) is 26.2 Å². The van der Waals surface area contributed by atoms with Crippen molar-refractivity contribution < 1.29 is 4.79 Å². The lowest BCUT2D eigenvalue weighted by atomic mass is 10.1. The van der Waals surface area contributed by atoms with Crippen LogP contribution in [0.5, 0.6) is 0 Å². The predicted molar refractivity (Wildman–Crippen MR) is 106 cm³/mol. The van der Waals surface area contributed by atoms with Crippen molar-refractivity contribution in [2.24, 2.45) is 0 Å². The number of rotatable bonds is 5. The van der Waals surface area contributed by atoms with Crippen molar-refractivity contribution in [3.05, 3.63) is 53.1 Å². The van der Waals surface area contributed by atoms with Gasteiger partial charge >= 0.3 is 0 Å². The molecule has 3 rings (SSSR count). The maximum atomic E-state index is 12.3. The third kappa shape index (κ3) is 4.67. The molecule has 25 heavy (non-hydrogen) atoms. The first-order valence-electron chi connectivity index (χ1n) is 8.77. The molecule has 0 saturated carbocycles. The van der Waals surface area contributed by atoms with Gasteiger partial charge in [0.15, 0.2) is 0 Å². The minimum atomic E-state index is -0.0844. The first-order chi connectivity index (χ1) is 12.1. The van der Waals surface area contributed by atoms with E-state index in [4.69, 9.17) is 11.6 Å². The molecule has 2 N–H and O–H groups in total. The van der Waals surface area contributed by atoms with Gasteiger partial charge in [0.25, 0.3) is 0 Å². The molecule has 1 saturated heterocycles. The summed E-state index contributed by atoms with van der Waals surface area (Å²) in [6, 6.07) is 13.7. The normalized spacial score (nSPS) is 14.2. The van der Waals surface area contributed by atoms with E-state index in [1.54, 1.807) is 6.07 Å². The highest BCUT2D eigenvalue weighted by Gasteiger charge is 2.14. The molecule has 0 bridgehead atoms. The van der Waals surface area contributed by atoms with Gasteiger partial charge in [0.05, 0.1) is 17.9 Å². The molecule has 1 aliphatic heterocycles. The van der Waals surface area contributed by atoms with E-state index in [2.05, 4.69) is 21.6 Å². The second-order valence-electron chi connectivity index (χ2n) is 6.43. The van der Waals surface area contributed by atoms with Crippen LogP contribution in [0.1, 0.15) is 24.8 Å². The average molecular weight is 358 g/mol. The number of benzene rings is 2. The summed E-state index contributed by atoms with van der Waals surface area (Å²) in [5.41, 5.74) is 3.92. The third-order valence-corrected chi connectivity index (χ3v) is 4.75. The van der Waals surface area contributed by atoms with Crippen molar-refractivity contribution in [3.8, 4) is 0 Å². The fourth-order valence-corrected chi connectivity index (χ4v) is 3.30. The smallest absolute Gasteiger partial charge is 0.243 e. The number of amides is 1. The molecule has 4 nitrogen and oxygen atoms in total. The van der Waals surface area contributed by atoms with Crippen LogP contribution < -0.4 is 15.5 Å². The summed E-state index contributed by atoms with van der Waals surface area (Å²) in [7, 11) is 0. The number of para-hydroxylation sites is 2. The minimum absolute atomic E-state index is 0.0844. The number of carbonyl (C=O) groups excluding carboxylic acids is 1. The van der Waals surface area contributed by atoms with Crippen LogP contribution in [-0.4, -0.2) is 25.5 Å². The Morgan fingerprint density at radius 3 is 2.64 bits per heavy atom. The fraction of sp³-hybridized carbons (Fsp3) is 0.350. The predicted octanol–water partition coefficient (Wildman–Crippen LogP) is 4.69. The van der Waals surface area contributed by atoms with Gasteiger partial charge < -0.3 is 15.5 Å². The van der Waals surface area contributed by atoms with Gasteiger partial charge in [-0.3, -0.25) is 4.79 Å². The summed E-state index contributed by atoms with van der Waals surface area (Å²) in [5, 5.41) is 6.81. The molecule has 0 spiro atoms. The number of piperidine rings is 1. The van der Waals surface area contributed by atoms with E-state index >= 15 is 0 Å². The molecule has 0 aromatic heterocycles. The van der Waals surface area contributed by atoms with Crippen LogP contribution >= 0.6 is 11.6 Å².